The summed E-state index contributed by atoms with van der Waals surface area (Å²) in [4.78, 5) is 28.3. The van der Waals surface area contributed by atoms with Crippen LogP contribution in [-0.4, -0.2) is 45.7 Å². The maximum absolute atomic E-state index is 12.5. The molecule has 1 saturated heterocycles. The Bertz CT molecular complexity index is 1040. The molecular weight excluding hydrogens is 354 g/mol. The molecule has 8 nitrogen and oxygen atoms in total. The van der Waals surface area contributed by atoms with Crippen LogP contribution in [0.2, 0.25) is 0 Å². The molecule has 0 atom stereocenters. The molecule has 0 aliphatic carbocycles. The van der Waals surface area contributed by atoms with E-state index in [1.54, 1.807) is 10.8 Å². The fraction of sp³-hybridized carbons (Fsp3) is 0.400. The average Bonchev–Trinajstić information content (AvgIpc) is 2.70. The lowest BCUT2D eigenvalue weighted by molar-refractivity contribution is 0.589. The maximum Gasteiger partial charge on any atom is 0.255 e. The predicted molar refractivity (Wildman–Crippen MR) is 112 cm³/mol. The highest BCUT2D eigenvalue weighted by Gasteiger charge is 2.13. The Morgan fingerprint density at radius 2 is 1.93 bits per heavy atom. The number of hydrogen-bond donors (Lipinski definition) is 2. The Balaban J connectivity index is 1.62. The smallest absolute Gasteiger partial charge is 0.255 e. The lowest BCUT2D eigenvalue weighted by Gasteiger charge is -2.29. The molecule has 1 fully saturated rings. The normalized spacial score (nSPS) is 14.6. The SMILES string of the molecule is Cc1cc2cnc(Nc3ccc(N4CCNCC4)cn3)nc2n(C(C)C)c1=O. The van der Waals surface area contributed by atoms with E-state index >= 15 is 0 Å². The van der Waals surface area contributed by atoms with E-state index in [-0.39, 0.29) is 11.6 Å². The molecular formula is C20H25N7O. The van der Waals surface area contributed by atoms with Crippen molar-refractivity contribution in [3.63, 3.8) is 0 Å². The fourth-order valence-electron chi connectivity index (χ4n) is 3.48. The van der Waals surface area contributed by atoms with E-state index in [0.717, 1.165) is 37.3 Å². The van der Waals surface area contributed by atoms with Gasteiger partial charge in [0.25, 0.3) is 5.56 Å². The van der Waals surface area contributed by atoms with Crippen LogP contribution in [0, 0.1) is 6.92 Å². The van der Waals surface area contributed by atoms with E-state index in [2.05, 4.69) is 36.6 Å². The number of aryl methyl sites for hydroxylation is 1. The third-order valence-corrected chi connectivity index (χ3v) is 4.94. The van der Waals surface area contributed by atoms with Crippen LogP contribution in [0.25, 0.3) is 11.0 Å². The first-order valence-electron chi connectivity index (χ1n) is 9.60. The molecule has 3 aromatic heterocycles. The van der Waals surface area contributed by atoms with Crippen LogP contribution >= 0.6 is 0 Å². The minimum atomic E-state index is -0.0225. The molecule has 4 rings (SSSR count). The number of pyridine rings is 2. The summed E-state index contributed by atoms with van der Waals surface area (Å²) < 4.78 is 1.71. The molecule has 0 saturated carbocycles. The van der Waals surface area contributed by atoms with E-state index in [1.165, 1.54) is 0 Å². The molecule has 2 N–H and O–H groups in total. The lowest BCUT2D eigenvalue weighted by Crippen LogP contribution is -2.43. The summed E-state index contributed by atoms with van der Waals surface area (Å²) in [6.07, 6.45) is 3.60. The number of nitrogens with zero attached hydrogens (tertiary/aromatic N) is 5. The number of piperazine rings is 1. The van der Waals surface area contributed by atoms with Crippen LogP contribution in [0.15, 0.2) is 35.4 Å². The maximum atomic E-state index is 12.5. The third kappa shape index (κ3) is 3.55. The summed E-state index contributed by atoms with van der Waals surface area (Å²) in [7, 11) is 0. The molecule has 1 aliphatic heterocycles. The van der Waals surface area contributed by atoms with E-state index < -0.39 is 0 Å². The van der Waals surface area contributed by atoms with Crippen LogP contribution < -0.4 is 21.1 Å². The average molecular weight is 379 g/mol. The van der Waals surface area contributed by atoms with Crippen molar-refractivity contribution in [2.75, 3.05) is 36.4 Å². The Labute approximate surface area is 163 Å². The van der Waals surface area contributed by atoms with Crippen LogP contribution in [0.4, 0.5) is 17.5 Å². The Hall–Kier alpha value is -3.00. The number of aromatic nitrogens is 4. The zero-order valence-corrected chi connectivity index (χ0v) is 16.4. The molecule has 1 aliphatic rings. The predicted octanol–water partition coefficient (Wildman–Crippen LogP) is 2.23. The zero-order valence-electron chi connectivity index (χ0n) is 16.4. The second kappa shape index (κ2) is 7.55. The van der Waals surface area contributed by atoms with E-state index in [1.807, 2.05) is 39.1 Å². The van der Waals surface area contributed by atoms with Crippen LogP contribution in [0.3, 0.4) is 0 Å². The van der Waals surface area contributed by atoms with Gasteiger partial charge in [-0.1, -0.05) is 0 Å². The summed E-state index contributed by atoms with van der Waals surface area (Å²) in [5, 5.41) is 7.34. The van der Waals surface area contributed by atoms with Gasteiger partial charge in [0.15, 0.2) is 0 Å². The van der Waals surface area contributed by atoms with E-state index in [0.29, 0.717) is 23.0 Å². The number of nitrogens with one attached hydrogen (secondary N) is 2. The highest BCUT2D eigenvalue weighted by Crippen LogP contribution is 2.20. The number of rotatable bonds is 4. The molecule has 0 aromatic carbocycles. The highest BCUT2D eigenvalue weighted by molar-refractivity contribution is 5.76. The Kier molecular flexibility index (Phi) is 4.95. The topological polar surface area (TPSA) is 88.0 Å². The minimum absolute atomic E-state index is 0.00842. The van der Waals surface area contributed by atoms with Crippen molar-refractivity contribution < 1.29 is 0 Å². The zero-order chi connectivity index (χ0) is 19.7. The molecule has 8 heteroatoms. The van der Waals surface area contributed by atoms with Crippen molar-refractivity contribution in [2.45, 2.75) is 26.8 Å². The molecule has 0 bridgehead atoms. The quantitative estimate of drug-likeness (QED) is 0.719. The van der Waals surface area contributed by atoms with E-state index in [9.17, 15) is 4.79 Å². The van der Waals surface area contributed by atoms with Crippen molar-refractivity contribution in [3.05, 3.63) is 46.5 Å². The molecule has 0 radical (unpaired) electrons. The largest absolute Gasteiger partial charge is 0.368 e. The molecule has 0 unspecified atom stereocenters. The second-order valence-electron chi connectivity index (χ2n) is 7.33. The number of fused-ring (bicyclic) bond motifs is 1. The van der Waals surface area contributed by atoms with Gasteiger partial charge in [0.2, 0.25) is 5.95 Å². The minimum Gasteiger partial charge on any atom is -0.368 e. The van der Waals surface area contributed by atoms with Crippen molar-refractivity contribution in [1.82, 2.24) is 24.8 Å². The third-order valence-electron chi connectivity index (χ3n) is 4.94. The number of anilines is 3. The molecule has 28 heavy (non-hydrogen) atoms. The van der Waals surface area contributed by atoms with Gasteiger partial charge in [0.1, 0.15) is 11.5 Å². The first-order valence-corrected chi connectivity index (χ1v) is 9.60. The van der Waals surface area contributed by atoms with Crippen molar-refractivity contribution >= 4 is 28.5 Å². The van der Waals surface area contributed by atoms with Gasteiger partial charge in [-0.05, 0) is 39.0 Å². The monoisotopic (exact) mass is 379 g/mol. The van der Waals surface area contributed by atoms with Gasteiger partial charge >= 0.3 is 0 Å². The number of hydrogen-bond acceptors (Lipinski definition) is 7. The van der Waals surface area contributed by atoms with Gasteiger partial charge in [-0.15, -0.1) is 0 Å². The molecule has 146 valence electrons. The summed E-state index contributed by atoms with van der Waals surface area (Å²) in [5.41, 5.74) is 2.40. The van der Waals surface area contributed by atoms with Crippen LogP contribution in [0.1, 0.15) is 25.5 Å². The summed E-state index contributed by atoms with van der Waals surface area (Å²) in [6.45, 7) is 9.71. The van der Waals surface area contributed by atoms with Gasteiger partial charge in [-0.3, -0.25) is 9.36 Å². The second-order valence-corrected chi connectivity index (χ2v) is 7.33. The molecule has 4 heterocycles. The lowest BCUT2D eigenvalue weighted by atomic mass is 10.2. The first-order chi connectivity index (χ1) is 13.5. The van der Waals surface area contributed by atoms with Crippen molar-refractivity contribution in [3.8, 4) is 0 Å². The van der Waals surface area contributed by atoms with E-state index in [4.69, 9.17) is 0 Å². The highest BCUT2D eigenvalue weighted by atomic mass is 16.1. The van der Waals surface area contributed by atoms with Gasteiger partial charge in [-0.2, -0.15) is 4.98 Å². The van der Waals surface area contributed by atoms with Crippen molar-refractivity contribution in [2.24, 2.45) is 0 Å². The summed E-state index contributed by atoms with van der Waals surface area (Å²) in [6, 6.07) is 5.82. The Morgan fingerprint density at radius 1 is 1.14 bits per heavy atom. The Morgan fingerprint density at radius 3 is 2.61 bits per heavy atom. The summed E-state index contributed by atoms with van der Waals surface area (Å²) >= 11 is 0. The van der Waals surface area contributed by atoms with Gasteiger partial charge in [0, 0.05) is 49.4 Å². The van der Waals surface area contributed by atoms with Crippen LogP contribution in [0.5, 0.6) is 0 Å². The molecule has 0 amide bonds. The van der Waals surface area contributed by atoms with Crippen LogP contribution in [-0.2, 0) is 0 Å². The fourth-order valence-corrected chi connectivity index (χ4v) is 3.48. The van der Waals surface area contributed by atoms with Gasteiger partial charge < -0.3 is 15.5 Å². The molecule has 0 spiro atoms. The standard InChI is InChI=1S/C20H25N7O/c1-13(2)27-18-15(10-14(3)19(27)28)11-23-20(25-18)24-17-5-4-16(12-22-17)26-8-6-21-7-9-26/h4-5,10-13,21H,6-9H2,1-3H3,(H,22,23,24,25). The summed E-state index contributed by atoms with van der Waals surface area (Å²) in [5.74, 6) is 1.09. The first kappa shape index (κ1) is 18.4. The van der Waals surface area contributed by atoms with Gasteiger partial charge in [0.05, 0.1) is 11.9 Å². The van der Waals surface area contributed by atoms with Crippen molar-refractivity contribution in [1.29, 1.82) is 0 Å². The van der Waals surface area contributed by atoms with Gasteiger partial charge in [-0.25, -0.2) is 9.97 Å². The molecule has 3 aromatic rings.